The van der Waals surface area contributed by atoms with Crippen LogP contribution in [0.5, 0.6) is 0 Å². The van der Waals surface area contributed by atoms with Crippen LogP contribution in [-0.2, 0) is 18.9 Å². The van der Waals surface area contributed by atoms with Crippen LogP contribution >= 0.6 is 0 Å². The van der Waals surface area contributed by atoms with E-state index in [1.54, 1.807) is 0 Å². The number of aliphatic hydroxyl groups excluding tert-OH is 1. The molecule has 0 amide bonds. The fourth-order valence-electron chi connectivity index (χ4n) is 2.27. The molecule has 0 aromatic heterocycles. The lowest BCUT2D eigenvalue weighted by Crippen LogP contribution is -2.63. The number of hydrogen-bond acceptors (Lipinski definition) is 6. The second-order valence-corrected chi connectivity index (χ2v) is 4.97. The molecule has 0 aromatic rings. The second kappa shape index (κ2) is 9.65. The molecule has 3 N–H and O–H groups in total. The smallest absolute Gasteiger partial charge is 0.173 e. The van der Waals surface area contributed by atoms with Crippen molar-refractivity contribution in [3.63, 3.8) is 0 Å². The SMILES string of the molecule is CCCOC[C@H]1OC(O)[C@H](N)[C@@H](OCC)[C@@H]1OCCC. The summed E-state index contributed by atoms with van der Waals surface area (Å²) in [6.07, 6.45) is -0.279. The Kier molecular flexibility index (Phi) is 8.60. The molecule has 1 unspecified atom stereocenters. The average Bonchev–Trinajstić information content (AvgIpc) is 2.44. The van der Waals surface area contributed by atoms with Crippen LogP contribution in [0.3, 0.4) is 0 Å². The molecule has 0 aliphatic carbocycles. The van der Waals surface area contributed by atoms with Crippen molar-refractivity contribution in [3.8, 4) is 0 Å². The van der Waals surface area contributed by atoms with Crippen molar-refractivity contribution in [2.45, 2.75) is 64.3 Å². The number of aliphatic hydroxyl groups is 1. The van der Waals surface area contributed by atoms with E-state index in [0.717, 1.165) is 12.8 Å². The molecule has 0 spiro atoms. The summed E-state index contributed by atoms with van der Waals surface area (Å²) >= 11 is 0. The number of hydrogen-bond donors (Lipinski definition) is 2. The van der Waals surface area contributed by atoms with Crippen molar-refractivity contribution in [1.29, 1.82) is 0 Å². The molecule has 0 bridgehead atoms. The van der Waals surface area contributed by atoms with Crippen LogP contribution in [0.25, 0.3) is 0 Å². The van der Waals surface area contributed by atoms with E-state index in [0.29, 0.717) is 26.4 Å². The zero-order chi connectivity index (χ0) is 15.0. The summed E-state index contributed by atoms with van der Waals surface area (Å²) in [7, 11) is 0. The Morgan fingerprint density at radius 3 is 2.35 bits per heavy atom. The van der Waals surface area contributed by atoms with Crippen molar-refractivity contribution in [3.05, 3.63) is 0 Å². The van der Waals surface area contributed by atoms with Crippen molar-refractivity contribution < 1.29 is 24.1 Å². The molecule has 1 heterocycles. The summed E-state index contributed by atoms with van der Waals surface area (Å²) in [5.74, 6) is 0. The van der Waals surface area contributed by atoms with Gasteiger partial charge in [0.25, 0.3) is 0 Å². The highest BCUT2D eigenvalue weighted by molar-refractivity contribution is 4.93. The molecule has 1 rings (SSSR count). The summed E-state index contributed by atoms with van der Waals surface area (Å²) in [5, 5.41) is 9.91. The molecule has 120 valence electrons. The third-order valence-corrected chi connectivity index (χ3v) is 3.22. The highest BCUT2D eigenvalue weighted by Gasteiger charge is 2.45. The molecule has 1 fully saturated rings. The van der Waals surface area contributed by atoms with Crippen molar-refractivity contribution >= 4 is 0 Å². The van der Waals surface area contributed by atoms with Gasteiger partial charge in [0.1, 0.15) is 18.3 Å². The van der Waals surface area contributed by atoms with Crippen molar-refractivity contribution in [1.82, 2.24) is 0 Å². The Hall–Kier alpha value is -0.240. The van der Waals surface area contributed by atoms with Gasteiger partial charge in [-0.1, -0.05) is 13.8 Å². The van der Waals surface area contributed by atoms with Gasteiger partial charge in [-0.25, -0.2) is 0 Å². The molecule has 0 aromatic carbocycles. The van der Waals surface area contributed by atoms with Gasteiger partial charge in [0, 0.05) is 19.8 Å². The normalized spacial score (nSPS) is 34.4. The monoisotopic (exact) mass is 291 g/mol. The van der Waals surface area contributed by atoms with Crippen LogP contribution in [0.4, 0.5) is 0 Å². The van der Waals surface area contributed by atoms with E-state index < -0.39 is 12.3 Å². The van der Waals surface area contributed by atoms with Crippen LogP contribution in [0.1, 0.15) is 33.6 Å². The van der Waals surface area contributed by atoms with E-state index in [9.17, 15) is 5.11 Å². The van der Waals surface area contributed by atoms with Gasteiger partial charge in [0.2, 0.25) is 0 Å². The van der Waals surface area contributed by atoms with Gasteiger partial charge in [-0.15, -0.1) is 0 Å². The van der Waals surface area contributed by atoms with E-state index in [4.69, 9.17) is 24.7 Å². The summed E-state index contributed by atoms with van der Waals surface area (Å²) in [5.41, 5.74) is 5.97. The van der Waals surface area contributed by atoms with Gasteiger partial charge in [0.15, 0.2) is 6.29 Å². The van der Waals surface area contributed by atoms with E-state index in [1.165, 1.54) is 0 Å². The van der Waals surface area contributed by atoms with Gasteiger partial charge in [-0.3, -0.25) is 0 Å². The zero-order valence-electron chi connectivity index (χ0n) is 12.8. The second-order valence-electron chi connectivity index (χ2n) is 4.97. The molecular weight excluding hydrogens is 262 g/mol. The van der Waals surface area contributed by atoms with Crippen LogP contribution in [0, 0.1) is 0 Å². The lowest BCUT2D eigenvalue weighted by molar-refractivity contribution is -0.268. The van der Waals surface area contributed by atoms with Gasteiger partial charge in [-0.05, 0) is 19.8 Å². The summed E-state index contributed by atoms with van der Waals surface area (Å²) in [6, 6.07) is -0.612. The van der Waals surface area contributed by atoms with E-state index >= 15 is 0 Å². The average molecular weight is 291 g/mol. The third-order valence-electron chi connectivity index (χ3n) is 3.22. The Bertz CT molecular complexity index is 254. The van der Waals surface area contributed by atoms with Crippen LogP contribution in [0.2, 0.25) is 0 Å². The Balaban J connectivity index is 2.70. The number of nitrogens with two attached hydrogens (primary N) is 1. The quantitative estimate of drug-likeness (QED) is 0.607. The molecular formula is C14H29NO5. The maximum Gasteiger partial charge on any atom is 0.173 e. The highest BCUT2D eigenvalue weighted by Crippen LogP contribution is 2.24. The summed E-state index contributed by atoms with van der Waals surface area (Å²) in [6.45, 7) is 8.12. The zero-order valence-corrected chi connectivity index (χ0v) is 12.8. The first-order valence-electron chi connectivity index (χ1n) is 7.55. The van der Waals surface area contributed by atoms with Crippen molar-refractivity contribution in [2.75, 3.05) is 26.4 Å². The van der Waals surface area contributed by atoms with Gasteiger partial charge in [-0.2, -0.15) is 0 Å². The molecule has 5 atom stereocenters. The van der Waals surface area contributed by atoms with Gasteiger partial charge < -0.3 is 29.8 Å². The van der Waals surface area contributed by atoms with Crippen LogP contribution in [-0.4, -0.2) is 62.2 Å². The summed E-state index contributed by atoms with van der Waals surface area (Å²) in [4.78, 5) is 0. The predicted octanol–water partition coefficient (Wildman–Crippen LogP) is 0.658. The lowest BCUT2D eigenvalue weighted by Gasteiger charge is -2.43. The molecule has 1 aliphatic rings. The highest BCUT2D eigenvalue weighted by atomic mass is 16.7. The van der Waals surface area contributed by atoms with Crippen LogP contribution < -0.4 is 5.73 Å². The minimum atomic E-state index is -1.05. The Labute approximate surface area is 121 Å². The number of rotatable bonds is 9. The molecule has 1 saturated heterocycles. The Morgan fingerprint density at radius 2 is 1.75 bits per heavy atom. The van der Waals surface area contributed by atoms with E-state index in [1.807, 2.05) is 20.8 Å². The molecule has 6 nitrogen and oxygen atoms in total. The topological polar surface area (TPSA) is 83.2 Å². The van der Waals surface area contributed by atoms with Crippen molar-refractivity contribution in [2.24, 2.45) is 5.73 Å². The maximum absolute atomic E-state index is 9.91. The minimum Gasteiger partial charge on any atom is -0.379 e. The fraction of sp³-hybridized carbons (Fsp3) is 1.00. The van der Waals surface area contributed by atoms with Crippen LogP contribution in [0.15, 0.2) is 0 Å². The molecule has 0 radical (unpaired) electrons. The third kappa shape index (κ3) is 4.95. The predicted molar refractivity (Wildman–Crippen MR) is 75.4 cm³/mol. The number of ether oxygens (including phenoxy) is 4. The largest absolute Gasteiger partial charge is 0.379 e. The Morgan fingerprint density at radius 1 is 1.05 bits per heavy atom. The molecule has 6 heteroatoms. The fourth-order valence-corrected chi connectivity index (χ4v) is 2.27. The van der Waals surface area contributed by atoms with Gasteiger partial charge in [0.05, 0.1) is 12.6 Å². The molecule has 1 aliphatic heterocycles. The first-order chi connectivity index (χ1) is 9.65. The first-order valence-corrected chi connectivity index (χ1v) is 7.55. The standard InChI is InChI=1S/C14H29NO5/c1-4-7-17-9-10-12(19-8-5-2)13(18-6-3)11(15)14(16)20-10/h10-14,16H,4-9,15H2,1-3H3/t10-,11-,12-,13-,14?/m1/s1. The molecule has 20 heavy (non-hydrogen) atoms. The maximum atomic E-state index is 9.91. The van der Waals surface area contributed by atoms with Gasteiger partial charge >= 0.3 is 0 Å². The molecule has 0 saturated carbocycles. The minimum absolute atomic E-state index is 0.315. The lowest BCUT2D eigenvalue weighted by atomic mass is 9.97. The summed E-state index contributed by atoms with van der Waals surface area (Å²) < 4.78 is 22.6. The first kappa shape index (κ1) is 17.8. The van der Waals surface area contributed by atoms with E-state index in [-0.39, 0.29) is 18.3 Å². The van der Waals surface area contributed by atoms with E-state index in [2.05, 4.69) is 0 Å².